The summed E-state index contributed by atoms with van der Waals surface area (Å²) in [4.78, 5) is 95.7. The standard InChI is InChI=1S/C41H58N8O11/c1-29(50)22-45-41(59)34-10-11-42-24-35(34)31-6-8-33(9-7-31)60-21-12-43-40(58)32-4-2-30(3-5-32)23-44-36(51)25-46-13-15-47(26-37(52)53)17-19-49(28-39(56)57)20-18-48(16-14-46)27-38(54)55/h6-11,24,30,32H,2-5,12-23,25-28H2,1H3,(H,43,58)(H,44,51)(H,45,59)(H,52,53)(H,54,55)(H,56,57). The highest BCUT2D eigenvalue weighted by atomic mass is 16.5. The molecule has 2 heterocycles. The molecule has 328 valence electrons. The minimum absolute atomic E-state index is 0.0395. The van der Waals surface area contributed by atoms with Gasteiger partial charge in [0.25, 0.3) is 5.91 Å². The van der Waals surface area contributed by atoms with Crippen LogP contribution in [0.15, 0.2) is 42.7 Å². The van der Waals surface area contributed by atoms with E-state index < -0.39 is 17.9 Å². The van der Waals surface area contributed by atoms with Crippen LogP contribution in [0.2, 0.25) is 0 Å². The molecule has 19 heteroatoms. The van der Waals surface area contributed by atoms with Crippen LogP contribution in [0.3, 0.4) is 0 Å². The van der Waals surface area contributed by atoms with Crippen molar-refractivity contribution >= 4 is 41.4 Å². The van der Waals surface area contributed by atoms with Crippen LogP contribution in [-0.2, 0) is 28.8 Å². The molecule has 1 aromatic heterocycles. The summed E-state index contributed by atoms with van der Waals surface area (Å²) in [6, 6.07) is 8.76. The van der Waals surface area contributed by atoms with Crippen molar-refractivity contribution < 1.29 is 53.6 Å². The molecule has 1 aliphatic carbocycles. The van der Waals surface area contributed by atoms with Gasteiger partial charge in [-0.05, 0) is 62.3 Å². The van der Waals surface area contributed by atoms with Crippen LogP contribution in [0.4, 0.5) is 0 Å². The lowest BCUT2D eigenvalue weighted by molar-refractivity contribution is -0.140. The highest BCUT2D eigenvalue weighted by Crippen LogP contribution is 2.29. The second-order valence-electron chi connectivity index (χ2n) is 15.3. The number of rotatable bonds is 19. The Morgan fingerprint density at radius 3 is 1.70 bits per heavy atom. The van der Waals surface area contributed by atoms with E-state index in [9.17, 15) is 48.9 Å². The van der Waals surface area contributed by atoms with Gasteiger partial charge in [0.2, 0.25) is 11.8 Å². The third kappa shape index (κ3) is 17.0. The number of benzene rings is 1. The first-order valence-corrected chi connectivity index (χ1v) is 20.3. The molecule has 1 saturated heterocycles. The fraction of sp³-hybridized carbons (Fsp3) is 0.561. The van der Waals surface area contributed by atoms with Crippen LogP contribution >= 0.6 is 0 Å². The Morgan fingerprint density at radius 1 is 0.683 bits per heavy atom. The van der Waals surface area contributed by atoms with Crippen LogP contribution < -0.4 is 20.7 Å². The van der Waals surface area contributed by atoms with Crippen molar-refractivity contribution in [3.8, 4) is 16.9 Å². The first-order valence-electron chi connectivity index (χ1n) is 20.3. The fourth-order valence-electron chi connectivity index (χ4n) is 7.27. The molecular formula is C41H58N8O11. The Balaban J connectivity index is 1.18. The molecule has 4 rings (SSSR count). The summed E-state index contributed by atoms with van der Waals surface area (Å²) in [5.41, 5.74) is 1.77. The number of pyridine rings is 1. The zero-order chi connectivity index (χ0) is 43.4. The van der Waals surface area contributed by atoms with Crippen molar-refractivity contribution in [2.75, 3.05) is 105 Å². The van der Waals surface area contributed by atoms with Gasteiger partial charge in [-0.15, -0.1) is 0 Å². The number of carbonyl (C=O) groups excluding carboxylic acids is 4. The van der Waals surface area contributed by atoms with E-state index in [1.165, 1.54) is 13.1 Å². The van der Waals surface area contributed by atoms with Gasteiger partial charge in [0.15, 0.2) is 0 Å². The molecule has 3 amide bonds. The Bertz CT molecular complexity index is 1740. The van der Waals surface area contributed by atoms with E-state index in [0.717, 1.165) is 18.4 Å². The molecule has 0 atom stereocenters. The normalized spacial score (nSPS) is 18.9. The smallest absolute Gasteiger partial charge is 0.317 e. The lowest BCUT2D eigenvalue weighted by Crippen LogP contribution is -2.50. The first-order chi connectivity index (χ1) is 28.7. The van der Waals surface area contributed by atoms with Gasteiger partial charge in [-0.3, -0.25) is 58.1 Å². The molecule has 0 radical (unpaired) electrons. The van der Waals surface area contributed by atoms with Gasteiger partial charge in [-0.2, -0.15) is 0 Å². The first kappa shape index (κ1) is 47.2. The number of aliphatic carboxylic acids is 3. The third-order valence-electron chi connectivity index (χ3n) is 10.6. The number of nitrogens with one attached hydrogen (secondary N) is 3. The minimum atomic E-state index is -1.03. The molecule has 0 spiro atoms. The summed E-state index contributed by atoms with van der Waals surface area (Å²) in [5, 5.41) is 36.9. The number of aromatic nitrogens is 1. The average molecular weight is 839 g/mol. The van der Waals surface area contributed by atoms with Gasteiger partial charge in [0.1, 0.15) is 18.1 Å². The fourth-order valence-corrected chi connectivity index (χ4v) is 7.27. The number of hydrogen-bond donors (Lipinski definition) is 6. The van der Waals surface area contributed by atoms with Gasteiger partial charge in [-0.1, -0.05) is 12.1 Å². The summed E-state index contributed by atoms with van der Waals surface area (Å²) in [7, 11) is 0. The zero-order valence-electron chi connectivity index (χ0n) is 34.2. The molecule has 19 nitrogen and oxygen atoms in total. The van der Waals surface area contributed by atoms with E-state index in [-0.39, 0.29) is 74.7 Å². The molecule has 1 aliphatic heterocycles. The van der Waals surface area contributed by atoms with E-state index in [1.807, 2.05) is 17.0 Å². The van der Waals surface area contributed by atoms with E-state index in [1.54, 1.807) is 39.1 Å². The number of hydrogen-bond acceptors (Lipinski definition) is 13. The number of carbonyl (C=O) groups is 7. The average Bonchev–Trinajstić information content (AvgIpc) is 3.21. The Hall–Kier alpha value is -5.50. The van der Waals surface area contributed by atoms with E-state index in [2.05, 4.69) is 20.9 Å². The van der Waals surface area contributed by atoms with E-state index >= 15 is 0 Å². The highest BCUT2D eigenvalue weighted by Gasteiger charge is 2.27. The number of ether oxygens (including phenoxy) is 1. The number of carboxylic acids is 3. The van der Waals surface area contributed by atoms with E-state index in [0.29, 0.717) is 95.2 Å². The number of carboxylic acid groups (broad SMARTS) is 3. The maximum Gasteiger partial charge on any atom is 0.317 e. The van der Waals surface area contributed by atoms with Crippen molar-refractivity contribution in [2.45, 2.75) is 32.6 Å². The van der Waals surface area contributed by atoms with Gasteiger partial charge < -0.3 is 36.0 Å². The number of amides is 3. The molecule has 0 bridgehead atoms. The largest absolute Gasteiger partial charge is 0.492 e. The van der Waals surface area contributed by atoms with Gasteiger partial charge in [0, 0.05) is 82.8 Å². The molecule has 1 aromatic carbocycles. The molecule has 2 aliphatic rings. The van der Waals surface area contributed by atoms with Crippen molar-refractivity contribution in [3.63, 3.8) is 0 Å². The van der Waals surface area contributed by atoms with Crippen molar-refractivity contribution in [1.82, 2.24) is 40.5 Å². The monoisotopic (exact) mass is 838 g/mol. The van der Waals surface area contributed by atoms with Gasteiger partial charge in [0.05, 0.1) is 44.8 Å². The number of Topliss-reactive ketones (excluding diaryl/α,β-unsaturated/α-hetero) is 1. The molecular weight excluding hydrogens is 780 g/mol. The molecule has 60 heavy (non-hydrogen) atoms. The second kappa shape index (κ2) is 24.6. The minimum Gasteiger partial charge on any atom is -0.492 e. The lowest BCUT2D eigenvalue weighted by Gasteiger charge is -2.33. The topological polar surface area (TPSA) is 251 Å². The molecule has 6 N–H and O–H groups in total. The van der Waals surface area contributed by atoms with Crippen LogP contribution in [0.5, 0.6) is 5.75 Å². The van der Waals surface area contributed by atoms with Crippen LogP contribution in [0, 0.1) is 11.8 Å². The summed E-state index contributed by atoms with van der Waals surface area (Å²) in [6.45, 7) is 4.25. The summed E-state index contributed by atoms with van der Waals surface area (Å²) < 4.78 is 5.83. The second-order valence-corrected chi connectivity index (χ2v) is 15.3. The molecule has 2 fully saturated rings. The van der Waals surface area contributed by atoms with Crippen molar-refractivity contribution in [3.05, 3.63) is 48.3 Å². The molecule has 1 saturated carbocycles. The Labute approximate surface area is 349 Å². The summed E-state index contributed by atoms with van der Waals surface area (Å²) >= 11 is 0. The Kier molecular flexibility index (Phi) is 19.3. The van der Waals surface area contributed by atoms with Crippen molar-refractivity contribution in [2.24, 2.45) is 11.8 Å². The maximum atomic E-state index is 13.1. The predicted octanol–water partition coefficient (Wildman–Crippen LogP) is -0.0396. The Morgan fingerprint density at radius 2 is 1.20 bits per heavy atom. The quantitative estimate of drug-likeness (QED) is 0.102. The zero-order valence-corrected chi connectivity index (χ0v) is 34.2. The SMILES string of the molecule is CC(=O)CNC(=O)c1ccncc1-c1ccc(OCCNC(=O)C2CCC(CNC(=O)CN3CCN(CC(=O)O)CCN(CC(=O)O)CCN(CC(=O)O)CC3)CC2)cc1. The lowest BCUT2D eigenvalue weighted by atomic mass is 9.81. The molecule has 0 unspecified atom stereocenters. The van der Waals surface area contributed by atoms with E-state index in [4.69, 9.17) is 4.74 Å². The highest BCUT2D eigenvalue weighted by molar-refractivity contribution is 6.02. The summed E-state index contributed by atoms with van der Waals surface area (Å²) in [5.74, 6) is -3.15. The van der Waals surface area contributed by atoms with Crippen molar-refractivity contribution in [1.29, 1.82) is 0 Å². The van der Waals surface area contributed by atoms with Crippen LogP contribution in [0.1, 0.15) is 43.0 Å². The number of ketones is 1. The van der Waals surface area contributed by atoms with Crippen LogP contribution in [-0.4, -0.2) is 186 Å². The van der Waals surface area contributed by atoms with Crippen LogP contribution in [0.25, 0.3) is 11.1 Å². The summed E-state index contributed by atoms with van der Waals surface area (Å²) in [6.07, 6.45) is 6.02. The maximum absolute atomic E-state index is 13.1. The van der Waals surface area contributed by atoms with Gasteiger partial charge >= 0.3 is 17.9 Å². The predicted molar refractivity (Wildman–Crippen MR) is 218 cm³/mol. The number of nitrogens with zero attached hydrogens (tertiary/aromatic N) is 5. The molecule has 2 aromatic rings. The third-order valence-corrected chi connectivity index (χ3v) is 10.6. The van der Waals surface area contributed by atoms with Gasteiger partial charge in [-0.25, -0.2) is 0 Å².